The Morgan fingerprint density at radius 3 is 2.73 bits per heavy atom. The van der Waals surface area contributed by atoms with E-state index in [4.69, 9.17) is 4.74 Å². The van der Waals surface area contributed by atoms with Gasteiger partial charge in [0.25, 0.3) is 0 Å². The van der Waals surface area contributed by atoms with Gasteiger partial charge >= 0.3 is 5.97 Å². The fourth-order valence-electron chi connectivity index (χ4n) is 1.02. The zero-order valence-electron chi connectivity index (χ0n) is 8.37. The lowest BCUT2D eigenvalue weighted by Gasteiger charge is -2.05. The van der Waals surface area contributed by atoms with Crippen LogP contribution in [0, 0.1) is 5.82 Å². The molecule has 0 saturated carbocycles. The lowest BCUT2D eigenvalue weighted by molar-refractivity contribution is 0.0472. The SMILES string of the molecule is CC(F)CCOC(=O)c1ccccc1F. The van der Waals surface area contributed by atoms with Gasteiger partial charge in [-0.25, -0.2) is 13.6 Å². The van der Waals surface area contributed by atoms with Crippen molar-refractivity contribution < 1.29 is 18.3 Å². The highest BCUT2D eigenvalue weighted by Crippen LogP contribution is 2.08. The standard InChI is InChI=1S/C11H12F2O2/c1-8(12)6-7-15-11(14)9-4-2-3-5-10(9)13/h2-5,8H,6-7H2,1H3. The average Bonchev–Trinajstić information content (AvgIpc) is 2.17. The third-order valence-electron chi connectivity index (χ3n) is 1.84. The van der Waals surface area contributed by atoms with Gasteiger partial charge in [-0.05, 0) is 19.1 Å². The van der Waals surface area contributed by atoms with Gasteiger partial charge in [0, 0.05) is 6.42 Å². The topological polar surface area (TPSA) is 26.3 Å². The molecule has 0 radical (unpaired) electrons. The van der Waals surface area contributed by atoms with Crippen LogP contribution < -0.4 is 0 Å². The number of alkyl halides is 1. The molecule has 0 saturated heterocycles. The smallest absolute Gasteiger partial charge is 0.341 e. The number of ether oxygens (including phenoxy) is 1. The fourth-order valence-corrected chi connectivity index (χ4v) is 1.02. The summed E-state index contributed by atoms with van der Waals surface area (Å²) in [5.74, 6) is -1.38. The Balaban J connectivity index is 2.51. The Labute approximate surface area is 86.9 Å². The third-order valence-corrected chi connectivity index (χ3v) is 1.84. The largest absolute Gasteiger partial charge is 0.462 e. The van der Waals surface area contributed by atoms with Gasteiger partial charge in [-0.2, -0.15) is 0 Å². The summed E-state index contributed by atoms with van der Waals surface area (Å²) in [6, 6.07) is 5.53. The van der Waals surface area contributed by atoms with Crippen LogP contribution in [0.5, 0.6) is 0 Å². The van der Waals surface area contributed by atoms with Crippen LogP contribution in [-0.4, -0.2) is 18.7 Å². The molecule has 0 spiro atoms. The van der Waals surface area contributed by atoms with Gasteiger partial charge in [-0.3, -0.25) is 0 Å². The molecule has 4 heteroatoms. The first-order valence-electron chi connectivity index (χ1n) is 4.67. The second-order valence-corrected chi connectivity index (χ2v) is 3.19. The number of halogens is 2. The normalized spacial score (nSPS) is 12.2. The minimum absolute atomic E-state index is 0.0369. The van der Waals surface area contributed by atoms with Crippen LogP contribution in [0.2, 0.25) is 0 Å². The fraction of sp³-hybridized carbons (Fsp3) is 0.364. The molecule has 2 nitrogen and oxygen atoms in total. The summed E-state index contributed by atoms with van der Waals surface area (Å²) >= 11 is 0. The van der Waals surface area contributed by atoms with Crippen molar-refractivity contribution in [3.05, 3.63) is 35.6 Å². The summed E-state index contributed by atoms with van der Waals surface area (Å²) in [4.78, 5) is 11.3. The Kier molecular flexibility index (Phi) is 4.21. The van der Waals surface area contributed by atoms with Crippen molar-refractivity contribution in [2.75, 3.05) is 6.61 Å². The molecule has 0 amide bonds. The molecule has 0 aliphatic heterocycles. The number of benzene rings is 1. The van der Waals surface area contributed by atoms with E-state index < -0.39 is 18.0 Å². The van der Waals surface area contributed by atoms with Gasteiger partial charge in [0.15, 0.2) is 0 Å². The van der Waals surface area contributed by atoms with Gasteiger partial charge in [-0.15, -0.1) is 0 Å². The highest BCUT2D eigenvalue weighted by molar-refractivity contribution is 5.89. The van der Waals surface area contributed by atoms with Crippen LogP contribution in [-0.2, 0) is 4.74 Å². The molecule has 82 valence electrons. The Morgan fingerprint density at radius 2 is 2.13 bits per heavy atom. The van der Waals surface area contributed by atoms with E-state index in [2.05, 4.69) is 0 Å². The van der Waals surface area contributed by atoms with E-state index in [1.165, 1.54) is 31.2 Å². The second kappa shape index (κ2) is 5.44. The van der Waals surface area contributed by atoms with Crippen LogP contribution in [0.1, 0.15) is 23.7 Å². The number of hydrogen-bond acceptors (Lipinski definition) is 2. The summed E-state index contributed by atoms with van der Waals surface area (Å²) < 4.78 is 30.1. The predicted molar refractivity (Wildman–Crippen MR) is 51.9 cm³/mol. The van der Waals surface area contributed by atoms with Crippen LogP contribution in [0.4, 0.5) is 8.78 Å². The van der Waals surface area contributed by atoms with Crippen LogP contribution in [0.25, 0.3) is 0 Å². The molecule has 1 aromatic rings. The minimum Gasteiger partial charge on any atom is -0.462 e. The zero-order valence-corrected chi connectivity index (χ0v) is 8.37. The van der Waals surface area contributed by atoms with Gasteiger partial charge in [0.05, 0.1) is 12.2 Å². The van der Waals surface area contributed by atoms with Crippen LogP contribution >= 0.6 is 0 Å². The monoisotopic (exact) mass is 214 g/mol. The lowest BCUT2D eigenvalue weighted by Crippen LogP contribution is -2.10. The molecule has 15 heavy (non-hydrogen) atoms. The van der Waals surface area contributed by atoms with E-state index >= 15 is 0 Å². The summed E-state index contributed by atoms with van der Waals surface area (Å²) in [7, 11) is 0. The molecule has 0 heterocycles. The number of hydrogen-bond donors (Lipinski definition) is 0. The molecule has 1 rings (SSSR count). The highest BCUT2D eigenvalue weighted by atomic mass is 19.1. The predicted octanol–water partition coefficient (Wildman–Crippen LogP) is 2.73. The molecule has 1 unspecified atom stereocenters. The number of carbonyl (C=O) groups is 1. The highest BCUT2D eigenvalue weighted by Gasteiger charge is 2.12. The second-order valence-electron chi connectivity index (χ2n) is 3.19. The van der Waals surface area contributed by atoms with Crippen LogP contribution in [0.3, 0.4) is 0 Å². The minimum atomic E-state index is -1.03. The maximum Gasteiger partial charge on any atom is 0.341 e. The van der Waals surface area contributed by atoms with Crippen molar-refractivity contribution in [2.24, 2.45) is 0 Å². The quantitative estimate of drug-likeness (QED) is 0.720. The maximum atomic E-state index is 13.1. The first-order chi connectivity index (χ1) is 7.11. The van der Waals surface area contributed by atoms with E-state index in [0.29, 0.717) is 0 Å². The first kappa shape index (κ1) is 11.6. The molecule has 0 fully saturated rings. The molecule has 0 aliphatic carbocycles. The molecular weight excluding hydrogens is 202 g/mol. The molecular formula is C11H12F2O2. The molecule has 1 atom stereocenters. The number of rotatable bonds is 4. The summed E-state index contributed by atoms with van der Waals surface area (Å²) in [6.07, 6.45) is -0.904. The maximum absolute atomic E-state index is 13.1. The van der Waals surface area contributed by atoms with E-state index in [1.807, 2.05) is 0 Å². The van der Waals surface area contributed by atoms with Crippen molar-refractivity contribution in [1.82, 2.24) is 0 Å². The van der Waals surface area contributed by atoms with Crippen molar-refractivity contribution in [3.8, 4) is 0 Å². The van der Waals surface area contributed by atoms with Crippen molar-refractivity contribution in [3.63, 3.8) is 0 Å². The Morgan fingerprint density at radius 1 is 1.47 bits per heavy atom. The van der Waals surface area contributed by atoms with E-state index in [9.17, 15) is 13.6 Å². The Bertz CT molecular complexity index is 337. The molecule has 1 aromatic carbocycles. The zero-order chi connectivity index (χ0) is 11.3. The Hall–Kier alpha value is -1.45. The van der Waals surface area contributed by atoms with Gasteiger partial charge < -0.3 is 4.74 Å². The van der Waals surface area contributed by atoms with Crippen LogP contribution in [0.15, 0.2) is 24.3 Å². The molecule has 0 aromatic heterocycles. The number of esters is 1. The van der Waals surface area contributed by atoms with Crippen molar-refractivity contribution in [2.45, 2.75) is 19.5 Å². The van der Waals surface area contributed by atoms with Gasteiger partial charge in [0.2, 0.25) is 0 Å². The van der Waals surface area contributed by atoms with Crippen molar-refractivity contribution in [1.29, 1.82) is 0 Å². The average molecular weight is 214 g/mol. The third kappa shape index (κ3) is 3.65. The summed E-state index contributed by atoms with van der Waals surface area (Å²) in [6.45, 7) is 1.34. The number of carbonyl (C=O) groups excluding carboxylic acids is 1. The van der Waals surface area contributed by atoms with E-state index in [0.717, 1.165) is 0 Å². The summed E-state index contributed by atoms with van der Waals surface area (Å²) in [5, 5.41) is 0. The molecule has 0 aliphatic rings. The summed E-state index contributed by atoms with van der Waals surface area (Å²) in [5.41, 5.74) is -0.121. The lowest BCUT2D eigenvalue weighted by atomic mass is 10.2. The first-order valence-corrected chi connectivity index (χ1v) is 4.67. The van der Waals surface area contributed by atoms with Gasteiger partial charge in [0.1, 0.15) is 12.0 Å². The molecule has 0 bridgehead atoms. The van der Waals surface area contributed by atoms with E-state index in [-0.39, 0.29) is 18.6 Å². The molecule has 0 N–H and O–H groups in total. The van der Waals surface area contributed by atoms with E-state index in [1.54, 1.807) is 0 Å². The van der Waals surface area contributed by atoms with Crippen molar-refractivity contribution >= 4 is 5.97 Å². The van der Waals surface area contributed by atoms with Gasteiger partial charge in [-0.1, -0.05) is 12.1 Å².